The number of aryl methyl sites for hydroxylation is 1. The molecule has 0 atom stereocenters. The van der Waals surface area contributed by atoms with Gasteiger partial charge in [-0.3, -0.25) is 0 Å². The molecule has 2 rings (SSSR count). The molecule has 22 heavy (non-hydrogen) atoms. The summed E-state index contributed by atoms with van der Waals surface area (Å²) in [5, 5.41) is 0. The summed E-state index contributed by atoms with van der Waals surface area (Å²) in [7, 11) is -0.327. The van der Waals surface area contributed by atoms with Crippen molar-refractivity contribution in [1.82, 2.24) is 0 Å². The quantitative estimate of drug-likeness (QED) is 0.366. The van der Waals surface area contributed by atoms with E-state index in [2.05, 4.69) is 6.92 Å². The van der Waals surface area contributed by atoms with Crippen LogP contribution in [-0.4, -0.2) is 8.80 Å². The highest BCUT2D eigenvalue weighted by Crippen LogP contribution is 2.31. The molecule has 0 saturated carbocycles. The van der Waals surface area contributed by atoms with E-state index in [9.17, 15) is 4.39 Å². The van der Waals surface area contributed by atoms with Crippen LogP contribution in [-0.2, 0) is 6.42 Å². The summed E-state index contributed by atoms with van der Waals surface area (Å²) < 4.78 is 12.9. The van der Waals surface area contributed by atoms with E-state index >= 15 is 0 Å². The van der Waals surface area contributed by atoms with Crippen LogP contribution >= 0.6 is 0 Å². The topological polar surface area (TPSA) is 0 Å². The molecule has 0 aliphatic carbocycles. The Kier molecular flexibility index (Phi) is 8.21. The first-order chi connectivity index (χ1) is 10.8. The molecule has 0 N–H and O–H groups in total. The molecular weight excluding hydrogens is 287 g/mol. The molecule has 0 aromatic heterocycles. The molecule has 1 aliphatic rings. The second kappa shape index (κ2) is 10.2. The van der Waals surface area contributed by atoms with E-state index in [1.807, 2.05) is 12.1 Å². The zero-order valence-electron chi connectivity index (χ0n) is 14.3. The summed E-state index contributed by atoms with van der Waals surface area (Å²) in [5.74, 6) is 0.895. The van der Waals surface area contributed by atoms with Crippen LogP contribution in [0.4, 0.5) is 4.39 Å². The van der Waals surface area contributed by atoms with Crippen LogP contribution in [0.25, 0.3) is 0 Å². The van der Waals surface area contributed by atoms with Gasteiger partial charge in [-0.1, -0.05) is 82.1 Å². The van der Waals surface area contributed by atoms with Crippen molar-refractivity contribution in [3.05, 3.63) is 35.6 Å². The van der Waals surface area contributed by atoms with Crippen molar-refractivity contribution in [2.75, 3.05) is 0 Å². The summed E-state index contributed by atoms with van der Waals surface area (Å²) in [6, 6.07) is 11.9. The zero-order chi connectivity index (χ0) is 15.6. The van der Waals surface area contributed by atoms with E-state index in [-0.39, 0.29) is 14.6 Å². The molecular formula is C20H33FSi. The Bertz CT molecular complexity index is 393. The van der Waals surface area contributed by atoms with Gasteiger partial charge in [0, 0.05) is 8.80 Å². The van der Waals surface area contributed by atoms with Gasteiger partial charge < -0.3 is 0 Å². The highest BCUT2D eigenvalue weighted by Gasteiger charge is 2.21. The Morgan fingerprint density at radius 3 is 2.41 bits per heavy atom. The van der Waals surface area contributed by atoms with E-state index in [0.29, 0.717) is 0 Å². The van der Waals surface area contributed by atoms with Gasteiger partial charge in [0.2, 0.25) is 0 Å². The first-order valence-electron chi connectivity index (χ1n) is 9.52. The van der Waals surface area contributed by atoms with Crippen molar-refractivity contribution in [1.29, 1.82) is 0 Å². The lowest BCUT2D eigenvalue weighted by atomic mass is 9.95. The maximum Gasteiger partial charge on any atom is 0.123 e. The number of hydrogen-bond donors (Lipinski definition) is 0. The average Bonchev–Trinajstić information content (AvgIpc) is 2.55. The van der Waals surface area contributed by atoms with Crippen LogP contribution in [0.1, 0.15) is 63.9 Å². The Morgan fingerprint density at radius 1 is 1.00 bits per heavy atom. The van der Waals surface area contributed by atoms with Gasteiger partial charge in [-0.25, -0.2) is 4.39 Å². The number of benzene rings is 1. The predicted octanol–water partition coefficient (Wildman–Crippen LogP) is 6.37. The number of unbranched alkanes of at least 4 members (excludes halogenated alkanes) is 3. The van der Waals surface area contributed by atoms with Crippen molar-refractivity contribution < 1.29 is 4.39 Å². The lowest BCUT2D eigenvalue weighted by molar-refractivity contribution is 0.417. The summed E-state index contributed by atoms with van der Waals surface area (Å²) in [4.78, 5) is 0. The Morgan fingerprint density at radius 2 is 1.73 bits per heavy atom. The number of hydrogen-bond acceptors (Lipinski definition) is 0. The highest BCUT2D eigenvalue weighted by molar-refractivity contribution is 6.58. The zero-order valence-corrected chi connectivity index (χ0v) is 15.5. The summed E-state index contributed by atoms with van der Waals surface area (Å²) in [6.07, 6.45) is 12.5. The van der Waals surface area contributed by atoms with Gasteiger partial charge in [-0.15, -0.1) is 0 Å². The SMILES string of the molecule is CCCCC[SiH]1CCC(CCCCc2ccc(F)cc2)CC1. The van der Waals surface area contributed by atoms with E-state index in [1.54, 1.807) is 30.3 Å². The summed E-state index contributed by atoms with van der Waals surface area (Å²) in [5.41, 5.74) is 1.29. The van der Waals surface area contributed by atoms with Gasteiger partial charge in [0.05, 0.1) is 0 Å². The van der Waals surface area contributed by atoms with Gasteiger partial charge in [0.1, 0.15) is 5.82 Å². The molecule has 0 spiro atoms. The van der Waals surface area contributed by atoms with Crippen LogP contribution < -0.4 is 0 Å². The normalized spacial score (nSPS) is 21.9. The minimum absolute atomic E-state index is 0.122. The van der Waals surface area contributed by atoms with Crippen LogP contribution in [0, 0.1) is 11.7 Å². The minimum Gasteiger partial charge on any atom is -0.207 e. The van der Waals surface area contributed by atoms with Crippen LogP contribution in [0.2, 0.25) is 18.1 Å². The van der Waals surface area contributed by atoms with E-state index in [0.717, 1.165) is 12.3 Å². The van der Waals surface area contributed by atoms with Gasteiger partial charge in [-0.05, 0) is 36.5 Å². The maximum atomic E-state index is 12.9. The van der Waals surface area contributed by atoms with E-state index in [1.165, 1.54) is 56.9 Å². The fraction of sp³-hybridized carbons (Fsp3) is 0.700. The molecule has 1 heterocycles. The van der Waals surface area contributed by atoms with Gasteiger partial charge >= 0.3 is 0 Å². The second-order valence-electron chi connectivity index (χ2n) is 7.25. The van der Waals surface area contributed by atoms with Crippen molar-refractivity contribution in [2.45, 2.75) is 82.8 Å². The van der Waals surface area contributed by atoms with Crippen molar-refractivity contribution in [3.8, 4) is 0 Å². The largest absolute Gasteiger partial charge is 0.207 e. The molecule has 1 aromatic carbocycles. The summed E-state index contributed by atoms with van der Waals surface area (Å²) in [6.45, 7) is 2.31. The first-order valence-corrected chi connectivity index (χ1v) is 12.0. The molecule has 0 bridgehead atoms. The number of halogens is 1. The molecule has 0 nitrogen and oxygen atoms in total. The standard InChI is InChI=1S/C20H33FSi/c1-2-3-6-15-22-16-13-19(14-17-22)8-5-4-7-18-9-11-20(21)12-10-18/h9-12,19,22H,2-8,13-17H2,1H3. The second-order valence-corrected chi connectivity index (χ2v) is 10.7. The molecule has 1 aliphatic heterocycles. The van der Waals surface area contributed by atoms with Gasteiger partial charge in [-0.2, -0.15) is 0 Å². The molecule has 2 heteroatoms. The lowest BCUT2D eigenvalue weighted by Gasteiger charge is -2.27. The van der Waals surface area contributed by atoms with Gasteiger partial charge in [0.25, 0.3) is 0 Å². The predicted molar refractivity (Wildman–Crippen MR) is 97.8 cm³/mol. The van der Waals surface area contributed by atoms with Crippen LogP contribution in [0.3, 0.4) is 0 Å². The fourth-order valence-corrected chi connectivity index (χ4v) is 7.52. The molecule has 0 amide bonds. The van der Waals surface area contributed by atoms with E-state index in [4.69, 9.17) is 0 Å². The Balaban J connectivity index is 1.52. The van der Waals surface area contributed by atoms with Crippen molar-refractivity contribution >= 4 is 8.80 Å². The minimum atomic E-state index is -0.327. The summed E-state index contributed by atoms with van der Waals surface area (Å²) >= 11 is 0. The highest BCUT2D eigenvalue weighted by atomic mass is 28.3. The maximum absolute atomic E-state index is 12.9. The van der Waals surface area contributed by atoms with Crippen molar-refractivity contribution in [2.24, 2.45) is 5.92 Å². The average molecular weight is 321 g/mol. The third-order valence-corrected chi connectivity index (χ3v) is 8.95. The van der Waals surface area contributed by atoms with Gasteiger partial charge in [0.15, 0.2) is 0 Å². The molecule has 124 valence electrons. The molecule has 0 unspecified atom stereocenters. The van der Waals surface area contributed by atoms with Crippen LogP contribution in [0.15, 0.2) is 24.3 Å². The smallest absolute Gasteiger partial charge is 0.123 e. The van der Waals surface area contributed by atoms with E-state index < -0.39 is 0 Å². The third kappa shape index (κ3) is 6.64. The monoisotopic (exact) mass is 320 g/mol. The Hall–Kier alpha value is -0.633. The fourth-order valence-electron chi connectivity index (χ4n) is 3.91. The first kappa shape index (κ1) is 17.7. The number of rotatable bonds is 9. The van der Waals surface area contributed by atoms with Crippen molar-refractivity contribution in [3.63, 3.8) is 0 Å². The lowest BCUT2D eigenvalue weighted by Crippen LogP contribution is -2.21. The molecule has 1 saturated heterocycles. The Labute approximate surface area is 138 Å². The van der Waals surface area contributed by atoms with Crippen LogP contribution in [0.5, 0.6) is 0 Å². The third-order valence-electron chi connectivity index (χ3n) is 5.42. The molecule has 1 fully saturated rings. The molecule has 1 aromatic rings. The molecule has 0 radical (unpaired) electrons.